The second-order valence-corrected chi connectivity index (χ2v) is 7.70. The molecule has 2 amide bonds. The maximum Gasteiger partial charge on any atom is 0.322 e. The molecule has 0 bridgehead atoms. The average Bonchev–Trinajstić information content (AvgIpc) is 3.45. The molecule has 4 rings (SSSR count). The molecule has 1 aromatic heterocycles. The number of rotatable bonds is 6. The van der Waals surface area contributed by atoms with Crippen molar-refractivity contribution in [1.82, 2.24) is 9.88 Å². The van der Waals surface area contributed by atoms with Crippen molar-refractivity contribution in [2.24, 2.45) is 0 Å². The predicted molar refractivity (Wildman–Crippen MR) is 104 cm³/mol. The molecule has 4 heterocycles. The summed E-state index contributed by atoms with van der Waals surface area (Å²) >= 11 is 0. The van der Waals surface area contributed by atoms with E-state index in [1.807, 2.05) is 17.0 Å². The fourth-order valence-corrected chi connectivity index (χ4v) is 4.10. The average molecular weight is 374 g/mol. The maximum atomic E-state index is 12.9. The number of carbonyl (C=O) groups is 1. The number of aromatic nitrogens is 1. The van der Waals surface area contributed by atoms with Crippen molar-refractivity contribution in [3.8, 4) is 0 Å². The minimum absolute atomic E-state index is 0.100. The second kappa shape index (κ2) is 8.89. The van der Waals surface area contributed by atoms with Gasteiger partial charge in [-0.2, -0.15) is 0 Å². The lowest BCUT2D eigenvalue weighted by molar-refractivity contribution is 0.0524. The van der Waals surface area contributed by atoms with Gasteiger partial charge in [0.2, 0.25) is 0 Å². The van der Waals surface area contributed by atoms with E-state index in [-0.39, 0.29) is 18.2 Å². The predicted octanol–water partition coefficient (Wildman–Crippen LogP) is 2.87. The van der Waals surface area contributed by atoms with Gasteiger partial charge >= 0.3 is 6.03 Å². The van der Waals surface area contributed by atoms with Crippen LogP contribution in [0.2, 0.25) is 0 Å². The first-order chi connectivity index (χ1) is 13.3. The quantitative estimate of drug-likeness (QED) is 0.829. The Bertz CT molecular complexity index is 588. The Morgan fingerprint density at radius 3 is 2.26 bits per heavy atom. The van der Waals surface area contributed by atoms with E-state index >= 15 is 0 Å². The highest BCUT2D eigenvalue weighted by Gasteiger charge is 2.27. The molecule has 0 radical (unpaired) electrons. The van der Waals surface area contributed by atoms with Crippen molar-refractivity contribution in [3.05, 3.63) is 18.3 Å². The topological polar surface area (TPSA) is 66.9 Å². The third kappa shape index (κ3) is 4.90. The van der Waals surface area contributed by atoms with Crippen LogP contribution in [0.3, 0.4) is 0 Å². The maximum absolute atomic E-state index is 12.9. The summed E-state index contributed by atoms with van der Waals surface area (Å²) in [5, 5.41) is 3.00. The minimum atomic E-state index is -0.100. The van der Waals surface area contributed by atoms with Crippen LogP contribution in [0.4, 0.5) is 16.3 Å². The Labute approximate surface area is 161 Å². The van der Waals surface area contributed by atoms with Gasteiger partial charge in [0, 0.05) is 39.4 Å². The largest absolute Gasteiger partial charge is 0.376 e. The van der Waals surface area contributed by atoms with Gasteiger partial charge in [0.05, 0.1) is 24.1 Å². The highest BCUT2D eigenvalue weighted by atomic mass is 16.5. The van der Waals surface area contributed by atoms with Crippen LogP contribution in [0.25, 0.3) is 0 Å². The lowest BCUT2D eigenvalue weighted by Gasteiger charge is -2.28. The van der Waals surface area contributed by atoms with E-state index in [9.17, 15) is 4.79 Å². The van der Waals surface area contributed by atoms with Crippen molar-refractivity contribution in [1.29, 1.82) is 0 Å². The SMILES string of the molecule is O=C(Nc1ccc(N2CCCC2)nc1)N(C[C@H]1CCCO1)C[C@H]1CCCO1. The third-order valence-corrected chi connectivity index (χ3v) is 5.61. The number of nitrogens with one attached hydrogen (secondary N) is 1. The van der Waals surface area contributed by atoms with Crippen LogP contribution >= 0.6 is 0 Å². The molecule has 3 saturated heterocycles. The van der Waals surface area contributed by atoms with Gasteiger partial charge in [-0.05, 0) is 50.7 Å². The van der Waals surface area contributed by atoms with Gasteiger partial charge in [-0.3, -0.25) is 0 Å². The van der Waals surface area contributed by atoms with E-state index in [1.165, 1.54) is 12.8 Å². The molecule has 3 aliphatic heterocycles. The van der Waals surface area contributed by atoms with E-state index in [0.29, 0.717) is 13.1 Å². The molecule has 2 atom stereocenters. The van der Waals surface area contributed by atoms with Crippen LogP contribution in [0.1, 0.15) is 38.5 Å². The first-order valence-electron chi connectivity index (χ1n) is 10.3. The Morgan fingerprint density at radius 1 is 1.07 bits per heavy atom. The smallest absolute Gasteiger partial charge is 0.322 e. The molecular weight excluding hydrogens is 344 g/mol. The fraction of sp³-hybridized carbons (Fsp3) is 0.700. The van der Waals surface area contributed by atoms with E-state index in [2.05, 4.69) is 15.2 Å². The van der Waals surface area contributed by atoms with Crippen molar-refractivity contribution < 1.29 is 14.3 Å². The Kier molecular flexibility index (Phi) is 6.09. The number of hydrogen-bond donors (Lipinski definition) is 1. The summed E-state index contributed by atoms with van der Waals surface area (Å²) in [6.07, 6.45) is 8.64. The number of urea groups is 1. The molecule has 27 heavy (non-hydrogen) atoms. The Morgan fingerprint density at radius 2 is 1.74 bits per heavy atom. The number of carbonyl (C=O) groups excluding carboxylic acids is 1. The van der Waals surface area contributed by atoms with E-state index in [1.54, 1.807) is 6.20 Å². The summed E-state index contributed by atoms with van der Waals surface area (Å²) in [6.45, 7) is 4.95. The summed E-state index contributed by atoms with van der Waals surface area (Å²) in [5.74, 6) is 0.987. The van der Waals surface area contributed by atoms with Gasteiger partial charge in [0.25, 0.3) is 0 Å². The molecule has 1 N–H and O–H groups in total. The molecule has 7 nitrogen and oxygen atoms in total. The lowest BCUT2D eigenvalue weighted by atomic mass is 10.2. The van der Waals surface area contributed by atoms with Crippen molar-refractivity contribution in [3.63, 3.8) is 0 Å². The van der Waals surface area contributed by atoms with Crippen molar-refractivity contribution in [2.75, 3.05) is 49.6 Å². The number of anilines is 2. The zero-order valence-electron chi connectivity index (χ0n) is 15.9. The Balaban J connectivity index is 1.37. The third-order valence-electron chi connectivity index (χ3n) is 5.61. The molecule has 3 aliphatic rings. The molecule has 3 fully saturated rings. The van der Waals surface area contributed by atoms with Crippen LogP contribution in [0.5, 0.6) is 0 Å². The standard InChI is InChI=1S/C20H30N4O3/c25-20(22-16-7-8-19(21-13-16)23-9-1-2-10-23)24(14-17-5-3-11-26-17)15-18-6-4-12-27-18/h7-8,13,17-18H,1-6,9-12,14-15H2,(H,22,25)/t17-,18-/m1/s1. The molecule has 0 spiro atoms. The minimum Gasteiger partial charge on any atom is -0.376 e. The Hall–Kier alpha value is -1.86. The van der Waals surface area contributed by atoms with Crippen LogP contribution in [0, 0.1) is 0 Å². The number of pyridine rings is 1. The molecule has 0 unspecified atom stereocenters. The first kappa shape index (κ1) is 18.5. The zero-order chi connectivity index (χ0) is 18.5. The number of nitrogens with zero attached hydrogens (tertiary/aromatic N) is 3. The fourth-order valence-electron chi connectivity index (χ4n) is 4.10. The van der Waals surface area contributed by atoms with Gasteiger partial charge < -0.3 is 24.6 Å². The number of hydrogen-bond acceptors (Lipinski definition) is 5. The van der Waals surface area contributed by atoms with Gasteiger partial charge in [-0.15, -0.1) is 0 Å². The molecule has 148 valence electrons. The second-order valence-electron chi connectivity index (χ2n) is 7.70. The molecule has 0 aromatic carbocycles. The summed E-state index contributed by atoms with van der Waals surface area (Å²) in [4.78, 5) is 21.5. The summed E-state index contributed by atoms with van der Waals surface area (Å²) < 4.78 is 11.5. The zero-order valence-corrected chi connectivity index (χ0v) is 15.9. The van der Waals surface area contributed by atoms with Gasteiger partial charge in [-0.25, -0.2) is 9.78 Å². The van der Waals surface area contributed by atoms with Gasteiger partial charge in [-0.1, -0.05) is 0 Å². The van der Waals surface area contributed by atoms with Crippen molar-refractivity contribution in [2.45, 2.75) is 50.7 Å². The van der Waals surface area contributed by atoms with E-state index < -0.39 is 0 Å². The molecular formula is C20H30N4O3. The number of ether oxygens (including phenoxy) is 2. The summed E-state index contributed by atoms with van der Waals surface area (Å²) in [7, 11) is 0. The van der Waals surface area contributed by atoms with Gasteiger partial charge in [0.1, 0.15) is 5.82 Å². The molecule has 0 saturated carbocycles. The number of amides is 2. The highest BCUT2D eigenvalue weighted by Crippen LogP contribution is 2.21. The molecule has 1 aromatic rings. The monoisotopic (exact) mass is 374 g/mol. The van der Waals surface area contributed by atoms with Crippen LogP contribution in [-0.4, -0.2) is 67.5 Å². The molecule has 7 heteroatoms. The first-order valence-corrected chi connectivity index (χ1v) is 10.3. The summed E-state index contributed by atoms with van der Waals surface area (Å²) in [6, 6.07) is 3.83. The van der Waals surface area contributed by atoms with Crippen molar-refractivity contribution >= 4 is 17.5 Å². The lowest BCUT2D eigenvalue weighted by Crippen LogP contribution is -2.44. The summed E-state index contributed by atoms with van der Waals surface area (Å²) in [5.41, 5.74) is 0.729. The van der Waals surface area contributed by atoms with Crippen LogP contribution < -0.4 is 10.2 Å². The highest BCUT2D eigenvalue weighted by molar-refractivity contribution is 5.89. The van der Waals surface area contributed by atoms with Crippen LogP contribution in [-0.2, 0) is 9.47 Å². The molecule has 0 aliphatic carbocycles. The van der Waals surface area contributed by atoms with E-state index in [4.69, 9.17) is 9.47 Å². The van der Waals surface area contributed by atoms with E-state index in [0.717, 1.165) is 63.5 Å². The van der Waals surface area contributed by atoms with Crippen LogP contribution in [0.15, 0.2) is 18.3 Å². The normalized spacial score (nSPS) is 25.1. The van der Waals surface area contributed by atoms with Gasteiger partial charge in [0.15, 0.2) is 0 Å².